The van der Waals surface area contributed by atoms with Gasteiger partial charge < -0.3 is 5.32 Å². The normalized spacial score (nSPS) is 13.2. The topological polar surface area (TPSA) is 15.3 Å². The maximum absolute atomic E-state index is 12.8. The lowest BCUT2D eigenvalue weighted by Gasteiger charge is -2.38. The van der Waals surface area contributed by atoms with E-state index in [1.165, 1.54) is 47.9 Å². The van der Waals surface area contributed by atoms with Crippen molar-refractivity contribution in [2.75, 3.05) is 7.05 Å². The SMILES string of the molecule is C=CNC(CC)C(CC)N(C)C(C)c1ccc(CCC(C)CC)c(C)c1C.CC.CCC.CCc1ccc(C)c(F)c1. The van der Waals surface area contributed by atoms with Gasteiger partial charge in [0.1, 0.15) is 5.82 Å². The molecule has 4 unspecified atom stereocenters. The maximum atomic E-state index is 12.8. The summed E-state index contributed by atoms with van der Waals surface area (Å²) in [4.78, 5) is 2.55. The molecule has 2 aromatic rings. The molecule has 242 valence electrons. The Morgan fingerprint density at radius 3 is 1.93 bits per heavy atom. The van der Waals surface area contributed by atoms with Crippen molar-refractivity contribution in [1.29, 1.82) is 0 Å². The van der Waals surface area contributed by atoms with Crippen LogP contribution >= 0.6 is 0 Å². The zero-order valence-corrected chi connectivity index (χ0v) is 30.3. The Kier molecular flexibility index (Phi) is 24.3. The Morgan fingerprint density at radius 1 is 0.881 bits per heavy atom. The highest BCUT2D eigenvalue weighted by atomic mass is 19.1. The number of benzene rings is 2. The molecule has 0 fully saturated rings. The molecule has 0 radical (unpaired) electrons. The van der Waals surface area contributed by atoms with Crippen molar-refractivity contribution in [2.45, 2.75) is 153 Å². The Balaban J connectivity index is 0. The van der Waals surface area contributed by atoms with Gasteiger partial charge in [-0.2, -0.15) is 0 Å². The zero-order chi connectivity index (χ0) is 32.8. The van der Waals surface area contributed by atoms with Gasteiger partial charge in [-0.15, -0.1) is 0 Å². The van der Waals surface area contributed by atoms with E-state index < -0.39 is 0 Å². The van der Waals surface area contributed by atoms with Crippen molar-refractivity contribution < 1.29 is 4.39 Å². The van der Waals surface area contributed by atoms with E-state index in [1.807, 2.05) is 39.1 Å². The molecule has 3 heteroatoms. The van der Waals surface area contributed by atoms with Gasteiger partial charge in [0.2, 0.25) is 0 Å². The predicted molar refractivity (Wildman–Crippen MR) is 189 cm³/mol. The fraction of sp³-hybridized carbons (Fsp3) is 0.641. The summed E-state index contributed by atoms with van der Waals surface area (Å²) in [6.07, 6.45) is 9.99. The Labute approximate surface area is 262 Å². The van der Waals surface area contributed by atoms with E-state index >= 15 is 0 Å². The molecule has 4 atom stereocenters. The summed E-state index contributed by atoms with van der Waals surface area (Å²) in [5.41, 5.74) is 7.73. The van der Waals surface area contributed by atoms with Crippen LogP contribution in [0.25, 0.3) is 0 Å². The molecule has 1 N–H and O–H groups in total. The van der Waals surface area contributed by atoms with E-state index in [-0.39, 0.29) is 5.82 Å². The molecule has 2 nitrogen and oxygen atoms in total. The van der Waals surface area contributed by atoms with Crippen molar-refractivity contribution in [2.24, 2.45) is 5.92 Å². The summed E-state index contributed by atoms with van der Waals surface area (Å²) < 4.78 is 12.8. The minimum absolute atomic E-state index is 0.0978. The predicted octanol–water partition coefficient (Wildman–Crippen LogP) is 11.7. The van der Waals surface area contributed by atoms with Crippen LogP contribution in [-0.4, -0.2) is 24.0 Å². The third-order valence-electron chi connectivity index (χ3n) is 8.43. The van der Waals surface area contributed by atoms with Crippen LogP contribution in [0, 0.1) is 32.5 Å². The molecule has 0 aromatic heterocycles. The van der Waals surface area contributed by atoms with Gasteiger partial charge >= 0.3 is 0 Å². The molecule has 0 aliphatic heterocycles. The van der Waals surface area contributed by atoms with Gasteiger partial charge in [0.05, 0.1) is 0 Å². The molecule has 0 saturated heterocycles. The average molecular weight is 585 g/mol. The highest BCUT2D eigenvalue weighted by Gasteiger charge is 2.26. The molecule has 0 aliphatic rings. The van der Waals surface area contributed by atoms with E-state index in [0.29, 0.717) is 18.1 Å². The molecule has 0 spiro atoms. The standard InChI is InChI=1S/C25H44N2.C9H11F.C3H8.C2H6/c1-10-18(5)14-15-22-16-17-23(20(7)19(22)6)21(8)27(9)25(12-3)24(11-2)26-13-4;1-3-8-5-4-7(2)9(10)6-8;1-3-2;1-2/h13,16-18,21,24-26H,4,10-12,14-15H2,1-3,5-9H3;4-6H,3H2,1-2H3;3H2,1-2H3;1-2H3. The fourth-order valence-electron chi connectivity index (χ4n) is 5.10. The van der Waals surface area contributed by atoms with Crippen LogP contribution in [0.4, 0.5) is 4.39 Å². The number of likely N-dealkylation sites (N-methyl/N-ethyl adjacent to an activating group) is 1. The second-order valence-corrected chi connectivity index (χ2v) is 11.5. The van der Waals surface area contributed by atoms with Crippen LogP contribution in [0.3, 0.4) is 0 Å². The molecule has 0 amide bonds. The summed E-state index contributed by atoms with van der Waals surface area (Å²) in [5, 5.41) is 3.46. The first kappa shape index (κ1) is 42.0. The second kappa shape index (κ2) is 24.3. The van der Waals surface area contributed by atoms with Gasteiger partial charge in [-0.05, 0) is 118 Å². The molecule has 0 bridgehead atoms. The zero-order valence-electron chi connectivity index (χ0n) is 30.3. The van der Waals surface area contributed by atoms with Gasteiger partial charge in [-0.1, -0.05) is 106 Å². The quantitative estimate of drug-likeness (QED) is 0.252. The van der Waals surface area contributed by atoms with Crippen LogP contribution in [0.15, 0.2) is 43.1 Å². The first-order valence-corrected chi connectivity index (χ1v) is 16.9. The molecule has 2 rings (SSSR count). The molecule has 42 heavy (non-hydrogen) atoms. The van der Waals surface area contributed by atoms with Crippen LogP contribution in [0.5, 0.6) is 0 Å². The molecule has 0 saturated carbocycles. The Bertz CT molecular complexity index is 967. The van der Waals surface area contributed by atoms with Crippen LogP contribution < -0.4 is 5.32 Å². The van der Waals surface area contributed by atoms with Crippen molar-refractivity contribution in [1.82, 2.24) is 10.2 Å². The maximum Gasteiger partial charge on any atom is 0.126 e. The van der Waals surface area contributed by atoms with E-state index in [0.717, 1.165) is 36.3 Å². The number of hydrogen-bond donors (Lipinski definition) is 1. The number of halogens is 1. The summed E-state index contributed by atoms with van der Waals surface area (Å²) in [7, 11) is 2.28. The molecule has 0 heterocycles. The van der Waals surface area contributed by atoms with Crippen molar-refractivity contribution in [3.63, 3.8) is 0 Å². The van der Waals surface area contributed by atoms with Crippen LogP contribution in [0.2, 0.25) is 0 Å². The lowest BCUT2D eigenvalue weighted by molar-refractivity contribution is 0.144. The number of nitrogens with zero attached hydrogens (tertiary/aromatic N) is 1. The van der Waals surface area contributed by atoms with Crippen molar-refractivity contribution >= 4 is 0 Å². The van der Waals surface area contributed by atoms with E-state index in [4.69, 9.17) is 0 Å². The highest BCUT2D eigenvalue weighted by molar-refractivity contribution is 5.41. The largest absolute Gasteiger partial charge is 0.387 e. The monoisotopic (exact) mass is 585 g/mol. The lowest BCUT2D eigenvalue weighted by atomic mass is 9.89. The minimum Gasteiger partial charge on any atom is -0.387 e. The van der Waals surface area contributed by atoms with Crippen LogP contribution in [-0.2, 0) is 12.8 Å². The minimum atomic E-state index is -0.0978. The van der Waals surface area contributed by atoms with Gasteiger partial charge in [-0.3, -0.25) is 4.90 Å². The summed E-state index contributed by atoms with van der Waals surface area (Å²) in [5.74, 6) is 0.711. The Hall–Kier alpha value is -2.13. The summed E-state index contributed by atoms with van der Waals surface area (Å²) in [6.45, 7) is 32.1. The van der Waals surface area contributed by atoms with E-state index in [2.05, 4.69) is 98.3 Å². The van der Waals surface area contributed by atoms with Gasteiger partial charge in [0, 0.05) is 18.1 Å². The molecular formula is C39H69FN2. The number of hydrogen-bond acceptors (Lipinski definition) is 2. The molecule has 2 aromatic carbocycles. The number of nitrogens with one attached hydrogen (secondary N) is 1. The molecular weight excluding hydrogens is 515 g/mol. The summed E-state index contributed by atoms with van der Waals surface area (Å²) in [6, 6.07) is 11.5. The fourth-order valence-corrected chi connectivity index (χ4v) is 5.10. The third-order valence-corrected chi connectivity index (χ3v) is 8.43. The van der Waals surface area contributed by atoms with Crippen LogP contribution in [0.1, 0.15) is 141 Å². The van der Waals surface area contributed by atoms with Gasteiger partial charge in [0.25, 0.3) is 0 Å². The highest BCUT2D eigenvalue weighted by Crippen LogP contribution is 2.30. The first-order valence-electron chi connectivity index (χ1n) is 16.9. The lowest BCUT2D eigenvalue weighted by Crippen LogP contribution is -2.47. The third kappa shape index (κ3) is 14.4. The molecule has 0 aliphatic carbocycles. The number of aryl methyl sites for hydroxylation is 3. The van der Waals surface area contributed by atoms with Gasteiger partial charge in [-0.25, -0.2) is 4.39 Å². The first-order chi connectivity index (χ1) is 20.0. The number of rotatable bonds is 13. The second-order valence-electron chi connectivity index (χ2n) is 11.5. The average Bonchev–Trinajstić information content (AvgIpc) is 3.00. The van der Waals surface area contributed by atoms with E-state index in [9.17, 15) is 4.39 Å². The van der Waals surface area contributed by atoms with Crippen molar-refractivity contribution in [3.05, 3.63) is 82.3 Å². The Morgan fingerprint density at radius 2 is 1.48 bits per heavy atom. The van der Waals surface area contributed by atoms with Crippen molar-refractivity contribution in [3.8, 4) is 0 Å². The van der Waals surface area contributed by atoms with E-state index in [1.54, 1.807) is 13.0 Å². The smallest absolute Gasteiger partial charge is 0.126 e. The summed E-state index contributed by atoms with van der Waals surface area (Å²) >= 11 is 0. The van der Waals surface area contributed by atoms with Gasteiger partial charge in [0.15, 0.2) is 0 Å².